The van der Waals surface area contributed by atoms with Crippen molar-refractivity contribution in [2.45, 2.75) is 13.8 Å². The van der Waals surface area contributed by atoms with Gasteiger partial charge in [0.2, 0.25) is 5.78 Å². The van der Waals surface area contributed by atoms with Crippen LogP contribution in [0.1, 0.15) is 40.1 Å². The van der Waals surface area contributed by atoms with Crippen LogP contribution in [0, 0.1) is 5.92 Å². The van der Waals surface area contributed by atoms with Gasteiger partial charge in [-0.1, -0.05) is 32.0 Å². The van der Waals surface area contributed by atoms with Gasteiger partial charge in [0.25, 0.3) is 0 Å². The van der Waals surface area contributed by atoms with Gasteiger partial charge in [-0.05, 0) is 66.6 Å². The minimum Gasteiger partial charge on any atom is -0.493 e. The second-order valence-corrected chi connectivity index (χ2v) is 9.08. The molecule has 7 heteroatoms. The van der Waals surface area contributed by atoms with E-state index in [9.17, 15) is 9.59 Å². The normalized spacial score (nSPS) is 13.5. The largest absolute Gasteiger partial charge is 0.493 e. The highest BCUT2D eigenvalue weighted by atomic mass is 16.5. The standard InChI is InChI=1S/C30H26N2O5/c1-19(2)18-36-24-12-9-20(10-13-24)28-22(17-32(31-28)23-7-5-4-6-8-23)16-27-29(33)25-15-21(30(34)35-3)11-14-26(25)37-27/h4-17,19H,18H2,1-3H3. The number of nitrogens with zero attached hydrogens (tertiary/aromatic N) is 2. The summed E-state index contributed by atoms with van der Waals surface area (Å²) in [7, 11) is 1.30. The summed E-state index contributed by atoms with van der Waals surface area (Å²) in [5.41, 5.74) is 3.76. The van der Waals surface area contributed by atoms with Gasteiger partial charge in [0.15, 0.2) is 5.76 Å². The van der Waals surface area contributed by atoms with E-state index in [2.05, 4.69) is 13.8 Å². The lowest BCUT2D eigenvalue weighted by molar-refractivity contribution is 0.0600. The molecule has 0 fully saturated rings. The summed E-state index contributed by atoms with van der Waals surface area (Å²) in [6.45, 7) is 4.84. The second-order valence-electron chi connectivity index (χ2n) is 9.08. The van der Waals surface area contributed by atoms with Crippen LogP contribution in [0.2, 0.25) is 0 Å². The maximum atomic E-state index is 13.2. The van der Waals surface area contributed by atoms with Crippen molar-refractivity contribution in [1.82, 2.24) is 9.78 Å². The molecule has 0 bridgehead atoms. The molecule has 0 spiro atoms. The van der Waals surface area contributed by atoms with Crippen molar-refractivity contribution in [3.63, 3.8) is 0 Å². The number of methoxy groups -OCH3 is 1. The lowest BCUT2D eigenvalue weighted by Gasteiger charge is -2.09. The van der Waals surface area contributed by atoms with Gasteiger partial charge in [0.05, 0.1) is 30.5 Å². The van der Waals surface area contributed by atoms with E-state index in [0.29, 0.717) is 35.1 Å². The third-order valence-electron chi connectivity index (χ3n) is 5.85. The SMILES string of the molecule is COC(=O)c1ccc2c(c1)C(=O)C(=Cc1cn(-c3ccccc3)nc1-c1ccc(OCC(C)C)cc1)O2. The molecule has 1 aromatic heterocycles. The summed E-state index contributed by atoms with van der Waals surface area (Å²) in [5, 5.41) is 4.82. The molecule has 5 rings (SSSR count). The van der Waals surface area contributed by atoms with Crippen molar-refractivity contribution in [2.75, 3.05) is 13.7 Å². The Balaban J connectivity index is 1.52. The summed E-state index contributed by atoms with van der Waals surface area (Å²) in [6.07, 6.45) is 3.55. The van der Waals surface area contributed by atoms with Crippen molar-refractivity contribution in [2.24, 2.45) is 5.92 Å². The molecule has 0 N–H and O–H groups in total. The number of carbonyl (C=O) groups excluding carboxylic acids is 2. The molecule has 7 nitrogen and oxygen atoms in total. The van der Waals surface area contributed by atoms with Crippen molar-refractivity contribution >= 4 is 17.8 Å². The van der Waals surface area contributed by atoms with E-state index in [0.717, 1.165) is 17.0 Å². The van der Waals surface area contributed by atoms with E-state index in [1.165, 1.54) is 13.2 Å². The number of benzene rings is 3. The highest BCUT2D eigenvalue weighted by Gasteiger charge is 2.29. The number of hydrogen-bond donors (Lipinski definition) is 0. The van der Waals surface area contributed by atoms with Crippen LogP contribution in [-0.2, 0) is 4.74 Å². The first-order valence-corrected chi connectivity index (χ1v) is 12.0. The molecule has 0 saturated heterocycles. The van der Waals surface area contributed by atoms with E-state index in [-0.39, 0.29) is 17.1 Å². The van der Waals surface area contributed by atoms with Crippen molar-refractivity contribution in [3.05, 3.63) is 101 Å². The summed E-state index contributed by atoms with van der Waals surface area (Å²) < 4.78 is 18.2. The summed E-state index contributed by atoms with van der Waals surface area (Å²) >= 11 is 0. The highest BCUT2D eigenvalue weighted by molar-refractivity contribution is 6.15. The van der Waals surface area contributed by atoms with Gasteiger partial charge in [-0.2, -0.15) is 5.10 Å². The van der Waals surface area contributed by atoms with Crippen molar-refractivity contribution < 1.29 is 23.8 Å². The van der Waals surface area contributed by atoms with Crippen LogP contribution in [0.15, 0.2) is 84.8 Å². The molecule has 1 aliphatic rings. The number of rotatable bonds is 7. The predicted octanol–water partition coefficient (Wildman–Crippen LogP) is 5.98. The molecule has 1 aliphatic heterocycles. The predicted molar refractivity (Wildman–Crippen MR) is 140 cm³/mol. The fourth-order valence-corrected chi connectivity index (χ4v) is 3.98. The van der Waals surface area contributed by atoms with Gasteiger partial charge in [-0.15, -0.1) is 0 Å². The summed E-state index contributed by atoms with van der Waals surface area (Å²) in [4.78, 5) is 25.1. The molecule has 0 amide bonds. The first-order chi connectivity index (χ1) is 17.9. The van der Waals surface area contributed by atoms with Gasteiger partial charge in [0, 0.05) is 17.3 Å². The first kappa shape index (κ1) is 24.1. The number of esters is 1. The number of allylic oxidation sites excluding steroid dienone is 1. The maximum absolute atomic E-state index is 13.2. The Kier molecular flexibility index (Phi) is 6.60. The minimum atomic E-state index is -0.514. The van der Waals surface area contributed by atoms with Gasteiger partial charge in [0.1, 0.15) is 17.2 Å². The van der Waals surface area contributed by atoms with Crippen LogP contribution in [0.3, 0.4) is 0 Å². The fourth-order valence-electron chi connectivity index (χ4n) is 3.98. The first-order valence-electron chi connectivity index (χ1n) is 12.0. The molecular weight excluding hydrogens is 468 g/mol. The molecule has 3 aromatic carbocycles. The zero-order chi connectivity index (χ0) is 25.9. The van der Waals surface area contributed by atoms with Crippen LogP contribution in [-0.4, -0.2) is 35.2 Å². The summed E-state index contributed by atoms with van der Waals surface area (Å²) in [6, 6.07) is 22.1. The molecule has 0 unspecified atom stereocenters. The molecule has 4 aromatic rings. The van der Waals surface area contributed by atoms with Gasteiger partial charge in [-0.3, -0.25) is 4.79 Å². The molecular formula is C30H26N2O5. The molecule has 0 atom stereocenters. The lowest BCUT2D eigenvalue weighted by Crippen LogP contribution is -2.04. The number of ketones is 1. The highest BCUT2D eigenvalue weighted by Crippen LogP contribution is 2.34. The number of Topliss-reactive ketones (excluding diaryl/α,β-unsaturated/α-hetero) is 1. The molecule has 37 heavy (non-hydrogen) atoms. The number of para-hydroxylation sites is 1. The maximum Gasteiger partial charge on any atom is 0.337 e. The number of carbonyl (C=O) groups is 2. The summed E-state index contributed by atoms with van der Waals surface area (Å²) in [5.74, 6) is 0.939. The van der Waals surface area contributed by atoms with Crippen molar-refractivity contribution in [3.8, 4) is 28.4 Å². The molecule has 0 saturated carbocycles. The van der Waals surface area contributed by atoms with Crippen LogP contribution >= 0.6 is 0 Å². The van der Waals surface area contributed by atoms with E-state index >= 15 is 0 Å². The van der Waals surface area contributed by atoms with E-state index in [4.69, 9.17) is 19.3 Å². The average molecular weight is 495 g/mol. The Labute approximate surface area is 214 Å². The van der Waals surface area contributed by atoms with Crippen LogP contribution in [0.5, 0.6) is 11.5 Å². The average Bonchev–Trinajstić information content (AvgIpc) is 3.48. The number of fused-ring (bicyclic) bond motifs is 1. The van der Waals surface area contributed by atoms with Crippen LogP contribution < -0.4 is 9.47 Å². The quantitative estimate of drug-likeness (QED) is 0.232. The third kappa shape index (κ3) is 5.02. The van der Waals surface area contributed by atoms with Crippen LogP contribution in [0.4, 0.5) is 0 Å². The van der Waals surface area contributed by atoms with Crippen LogP contribution in [0.25, 0.3) is 23.0 Å². The Bertz CT molecular complexity index is 1480. The second kappa shape index (κ2) is 10.1. The van der Waals surface area contributed by atoms with Gasteiger partial charge >= 0.3 is 5.97 Å². The Hall–Kier alpha value is -4.65. The van der Waals surface area contributed by atoms with Crippen molar-refractivity contribution in [1.29, 1.82) is 0 Å². The van der Waals surface area contributed by atoms with E-state index in [1.807, 2.05) is 60.8 Å². The monoisotopic (exact) mass is 494 g/mol. The van der Waals surface area contributed by atoms with E-state index < -0.39 is 5.97 Å². The topological polar surface area (TPSA) is 79.7 Å². The zero-order valence-corrected chi connectivity index (χ0v) is 20.8. The van der Waals surface area contributed by atoms with Gasteiger partial charge < -0.3 is 14.2 Å². The van der Waals surface area contributed by atoms with E-state index in [1.54, 1.807) is 22.9 Å². The zero-order valence-electron chi connectivity index (χ0n) is 20.8. The fraction of sp³-hybridized carbons (Fsp3) is 0.167. The Morgan fingerprint density at radius 3 is 2.51 bits per heavy atom. The molecule has 0 radical (unpaired) electrons. The Morgan fingerprint density at radius 1 is 1.05 bits per heavy atom. The number of hydrogen-bond acceptors (Lipinski definition) is 6. The smallest absolute Gasteiger partial charge is 0.337 e. The molecule has 186 valence electrons. The molecule has 0 aliphatic carbocycles. The lowest BCUT2D eigenvalue weighted by atomic mass is 10.0. The Morgan fingerprint density at radius 2 is 1.81 bits per heavy atom. The molecule has 2 heterocycles. The number of aromatic nitrogens is 2. The third-order valence-corrected chi connectivity index (χ3v) is 5.85. The minimum absolute atomic E-state index is 0.155. The van der Waals surface area contributed by atoms with Gasteiger partial charge in [-0.25, -0.2) is 9.48 Å². The number of ether oxygens (including phenoxy) is 3.